The lowest BCUT2D eigenvalue weighted by molar-refractivity contribution is -0.122. The molecule has 1 aromatic rings. The van der Waals surface area contributed by atoms with Crippen LogP contribution in [0.1, 0.15) is 39.0 Å². The Labute approximate surface area is 120 Å². The first-order chi connectivity index (χ1) is 9.65. The lowest BCUT2D eigenvalue weighted by atomic mass is 9.87. The number of carbonyl (C=O) groups excluding carboxylic acids is 1. The largest absolute Gasteiger partial charge is 0.491 e. The number of carbonyl (C=O) groups is 1. The van der Waals surface area contributed by atoms with E-state index in [0.717, 1.165) is 18.8 Å². The molecule has 110 valence electrons. The van der Waals surface area contributed by atoms with Crippen LogP contribution < -0.4 is 15.8 Å². The molecule has 20 heavy (non-hydrogen) atoms. The molecule has 0 aliphatic heterocycles. The van der Waals surface area contributed by atoms with E-state index in [1.807, 2.05) is 18.2 Å². The van der Waals surface area contributed by atoms with E-state index < -0.39 is 0 Å². The first kappa shape index (κ1) is 14.7. The third-order valence-electron chi connectivity index (χ3n) is 3.89. The minimum Gasteiger partial charge on any atom is -0.491 e. The van der Waals surface area contributed by atoms with E-state index in [2.05, 4.69) is 12.2 Å². The Balaban J connectivity index is 1.67. The molecule has 0 radical (unpaired) electrons. The molecule has 4 heteroatoms. The smallest absolute Gasteiger partial charge is 0.223 e. The molecule has 0 atom stereocenters. The van der Waals surface area contributed by atoms with Crippen molar-refractivity contribution >= 4 is 11.6 Å². The van der Waals surface area contributed by atoms with Gasteiger partial charge in [-0.25, -0.2) is 0 Å². The van der Waals surface area contributed by atoms with Crippen molar-refractivity contribution in [3.8, 4) is 5.75 Å². The first-order valence-electron chi connectivity index (χ1n) is 7.42. The summed E-state index contributed by atoms with van der Waals surface area (Å²) in [4.78, 5) is 11.8. The molecule has 4 nitrogen and oxygen atoms in total. The van der Waals surface area contributed by atoms with Crippen molar-refractivity contribution in [2.75, 3.05) is 12.3 Å². The normalized spacial score (nSPS) is 22.2. The van der Waals surface area contributed by atoms with E-state index in [0.29, 0.717) is 30.5 Å². The van der Waals surface area contributed by atoms with Crippen molar-refractivity contribution < 1.29 is 9.53 Å². The van der Waals surface area contributed by atoms with Crippen LogP contribution in [0.4, 0.5) is 5.69 Å². The number of nitrogens with one attached hydrogen (secondary N) is 1. The molecule has 3 N–H and O–H groups in total. The maximum Gasteiger partial charge on any atom is 0.223 e. The lowest BCUT2D eigenvalue weighted by Crippen LogP contribution is -2.37. The summed E-state index contributed by atoms with van der Waals surface area (Å²) >= 11 is 0. The van der Waals surface area contributed by atoms with E-state index in [9.17, 15) is 4.79 Å². The monoisotopic (exact) mass is 276 g/mol. The van der Waals surface area contributed by atoms with Crippen molar-refractivity contribution in [1.82, 2.24) is 5.32 Å². The number of amides is 1. The molecule has 0 unspecified atom stereocenters. The van der Waals surface area contributed by atoms with Gasteiger partial charge in [-0.15, -0.1) is 0 Å². The second-order valence-corrected chi connectivity index (χ2v) is 5.66. The topological polar surface area (TPSA) is 64.3 Å². The fourth-order valence-corrected chi connectivity index (χ4v) is 2.57. The molecule has 0 saturated heterocycles. The number of anilines is 1. The Morgan fingerprint density at radius 3 is 2.70 bits per heavy atom. The van der Waals surface area contributed by atoms with Crippen LogP contribution in [-0.4, -0.2) is 18.6 Å². The molecule has 1 aromatic carbocycles. The van der Waals surface area contributed by atoms with Crippen molar-refractivity contribution in [3.05, 3.63) is 24.3 Å². The Morgan fingerprint density at radius 1 is 1.30 bits per heavy atom. The molecule has 1 saturated carbocycles. The summed E-state index contributed by atoms with van der Waals surface area (Å²) in [7, 11) is 0. The summed E-state index contributed by atoms with van der Waals surface area (Å²) in [5, 5.41) is 3.09. The van der Waals surface area contributed by atoms with Gasteiger partial charge >= 0.3 is 0 Å². The quantitative estimate of drug-likeness (QED) is 0.813. The fraction of sp³-hybridized carbons (Fsp3) is 0.562. The summed E-state index contributed by atoms with van der Waals surface area (Å²) in [6.07, 6.45) is 4.99. The number of para-hydroxylation sites is 2. The van der Waals surface area contributed by atoms with Gasteiger partial charge in [0.1, 0.15) is 5.75 Å². The van der Waals surface area contributed by atoms with E-state index in [1.54, 1.807) is 6.07 Å². The summed E-state index contributed by atoms with van der Waals surface area (Å²) < 4.78 is 5.53. The standard InChI is InChI=1S/C16H24N2O2/c1-12-6-8-13(9-7-12)18-16(19)10-11-20-15-5-3-2-4-14(15)17/h2-5,12-13H,6-11,17H2,1H3,(H,18,19). The summed E-state index contributed by atoms with van der Waals surface area (Å²) in [6.45, 7) is 2.64. The SMILES string of the molecule is CC1CCC(NC(=O)CCOc2ccccc2N)CC1. The fourth-order valence-electron chi connectivity index (χ4n) is 2.57. The second-order valence-electron chi connectivity index (χ2n) is 5.66. The van der Waals surface area contributed by atoms with Crippen LogP contribution in [0.5, 0.6) is 5.75 Å². The Hall–Kier alpha value is -1.71. The number of hydrogen-bond donors (Lipinski definition) is 2. The van der Waals surface area contributed by atoms with Crippen LogP contribution in [0.25, 0.3) is 0 Å². The third kappa shape index (κ3) is 4.44. The zero-order valence-electron chi connectivity index (χ0n) is 12.1. The summed E-state index contributed by atoms with van der Waals surface area (Å²) in [6, 6.07) is 7.68. The molecule has 1 fully saturated rings. The van der Waals surface area contributed by atoms with Gasteiger partial charge in [-0.2, -0.15) is 0 Å². The van der Waals surface area contributed by atoms with Gasteiger partial charge in [0.2, 0.25) is 5.91 Å². The van der Waals surface area contributed by atoms with Gasteiger partial charge in [0.25, 0.3) is 0 Å². The summed E-state index contributed by atoms with van der Waals surface area (Å²) in [5.74, 6) is 1.51. The van der Waals surface area contributed by atoms with Crippen LogP contribution in [-0.2, 0) is 4.79 Å². The minimum atomic E-state index is 0.0686. The molecule has 0 aromatic heterocycles. The highest BCUT2D eigenvalue weighted by molar-refractivity contribution is 5.76. The predicted octanol–water partition coefficient (Wildman–Crippen LogP) is 2.73. The molecule has 1 aliphatic carbocycles. The number of ether oxygens (including phenoxy) is 1. The molecule has 1 aliphatic rings. The lowest BCUT2D eigenvalue weighted by Gasteiger charge is -2.26. The second kappa shape index (κ2) is 7.17. The van der Waals surface area contributed by atoms with Gasteiger partial charge in [-0.3, -0.25) is 4.79 Å². The Morgan fingerprint density at radius 2 is 2.00 bits per heavy atom. The van der Waals surface area contributed by atoms with Gasteiger partial charge in [0.15, 0.2) is 0 Å². The molecular formula is C16H24N2O2. The van der Waals surface area contributed by atoms with Gasteiger partial charge in [-0.05, 0) is 43.7 Å². The molecule has 0 bridgehead atoms. The maximum absolute atomic E-state index is 11.8. The number of rotatable bonds is 5. The van der Waals surface area contributed by atoms with E-state index in [4.69, 9.17) is 10.5 Å². The minimum absolute atomic E-state index is 0.0686. The third-order valence-corrected chi connectivity index (χ3v) is 3.89. The van der Waals surface area contributed by atoms with Crippen molar-refractivity contribution in [1.29, 1.82) is 0 Å². The average Bonchev–Trinajstić information content (AvgIpc) is 2.43. The van der Waals surface area contributed by atoms with Gasteiger partial charge < -0.3 is 15.8 Å². The number of nitrogen functional groups attached to an aromatic ring is 1. The van der Waals surface area contributed by atoms with Gasteiger partial charge in [-0.1, -0.05) is 19.1 Å². The van der Waals surface area contributed by atoms with Crippen LogP contribution in [0.3, 0.4) is 0 Å². The van der Waals surface area contributed by atoms with Crippen LogP contribution in [0, 0.1) is 5.92 Å². The molecule has 0 heterocycles. The number of benzene rings is 1. The van der Waals surface area contributed by atoms with E-state index in [-0.39, 0.29) is 5.91 Å². The average molecular weight is 276 g/mol. The van der Waals surface area contributed by atoms with Crippen molar-refractivity contribution in [3.63, 3.8) is 0 Å². The maximum atomic E-state index is 11.8. The summed E-state index contributed by atoms with van der Waals surface area (Å²) in [5.41, 5.74) is 6.38. The van der Waals surface area contributed by atoms with Crippen molar-refractivity contribution in [2.45, 2.75) is 45.1 Å². The van der Waals surface area contributed by atoms with E-state index >= 15 is 0 Å². The highest BCUT2D eigenvalue weighted by atomic mass is 16.5. The van der Waals surface area contributed by atoms with Crippen molar-refractivity contribution in [2.24, 2.45) is 5.92 Å². The Kier molecular flexibility index (Phi) is 5.27. The highest BCUT2D eigenvalue weighted by Gasteiger charge is 2.19. The van der Waals surface area contributed by atoms with Gasteiger partial charge in [0.05, 0.1) is 18.7 Å². The molecular weight excluding hydrogens is 252 g/mol. The zero-order valence-corrected chi connectivity index (χ0v) is 12.1. The number of nitrogens with two attached hydrogens (primary N) is 1. The van der Waals surface area contributed by atoms with E-state index in [1.165, 1.54) is 12.8 Å². The Bertz CT molecular complexity index is 440. The predicted molar refractivity (Wildman–Crippen MR) is 80.5 cm³/mol. The van der Waals surface area contributed by atoms with Crippen LogP contribution in [0.15, 0.2) is 24.3 Å². The molecule has 2 rings (SSSR count). The molecule has 1 amide bonds. The number of hydrogen-bond acceptors (Lipinski definition) is 3. The van der Waals surface area contributed by atoms with Crippen LogP contribution >= 0.6 is 0 Å². The highest BCUT2D eigenvalue weighted by Crippen LogP contribution is 2.23. The zero-order chi connectivity index (χ0) is 14.4. The van der Waals surface area contributed by atoms with Gasteiger partial charge in [0, 0.05) is 6.04 Å². The molecule has 0 spiro atoms. The van der Waals surface area contributed by atoms with Crippen LogP contribution in [0.2, 0.25) is 0 Å². The first-order valence-corrected chi connectivity index (χ1v) is 7.42.